The van der Waals surface area contributed by atoms with E-state index in [1.54, 1.807) is 18.4 Å². The number of carbonyl (C=O) groups is 1. The van der Waals surface area contributed by atoms with Crippen LogP contribution in [0.2, 0.25) is 4.34 Å². The van der Waals surface area contributed by atoms with Gasteiger partial charge in [-0.2, -0.15) is 0 Å². The summed E-state index contributed by atoms with van der Waals surface area (Å²) in [6, 6.07) is 3.05. The van der Waals surface area contributed by atoms with E-state index in [0.717, 1.165) is 36.7 Å². The zero-order valence-electron chi connectivity index (χ0n) is 12.2. The number of nitrogens with zero attached hydrogens (tertiary/aromatic N) is 1. The van der Waals surface area contributed by atoms with Crippen molar-refractivity contribution in [3.8, 4) is 0 Å². The first-order valence-corrected chi connectivity index (χ1v) is 8.67. The van der Waals surface area contributed by atoms with Crippen LogP contribution in [0.4, 0.5) is 0 Å². The number of halogens is 1. The van der Waals surface area contributed by atoms with Gasteiger partial charge >= 0.3 is 0 Å². The highest BCUT2D eigenvalue weighted by Gasteiger charge is 2.29. The molecule has 1 unspecified atom stereocenters. The molecule has 1 aliphatic carbocycles. The Morgan fingerprint density at radius 2 is 2.24 bits per heavy atom. The van der Waals surface area contributed by atoms with Gasteiger partial charge in [0, 0.05) is 37.2 Å². The molecule has 1 amide bonds. The van der Waals surface area contributed by atoms with E-state index < -0.39 is 0 Å². The lowest BCUT2D eigenvalue weighted by Gasteiger charge is -2.34. The minimum absolute atomic E-state index is 0.101. The molecule has 1 aromatic rings. The van der Waals surface area contributed by atoms with Crippen molar-refractivity contribution in [3.63, 3.8) is 0 Å². The minimum atomic E-state index is 0.101. The zero-order valence-corrected chi connectivity index (χ0v) is 13.8. The quantitative estimate of drug-likeness (QED) is 0.923. The molecule has 1 saturated heterocycles. The van der Waals surface area contributed by atoms with Gasteiger partial charge in [-0.1, -0.05) is 11.6 Å². The SMILES string of the molecule is COCC(=O)N1CCC(NC2CCc3sc(Cl)cc32)CC1. The summed E-state index contributed by atoms with van der Waals surface area (Å²) in [5, 5.41) is 3.76. The summed E-state index contributed by atoms with van der Waals surface area (Å²) in [7, 11) is 1.57. The normalized spacial score (nSPS) is 22.6. The van der Waals surface area contributed by atoms with E-state index in [1.165, 1.54) is 16.9 Å². The average molecular weight is 329 g/mol. The van der Waals surface area contributed by atoms with Crippen LogP contribution in [0.15, 0.2) is 6.07 Å². The van der Waals surface area contributed by atoms with E-state index >= 15 is 0 Å². The first-order chi connectivity index (χ1) is 10.2. The number of methoxy groups -OCH3 is 1. The molecule has 1 atom stereocenters. The van der Waals surface area contributed by atoms with Crippen LogP contribution in [0.1, 0.15) is 35.7 Å². The Bertz CT molecular complexity index is 512. The largest absolute Gasteiger partial charge is 0.375 e. The van der Waals surface area contributed by atoms with Crippen LogP contribution in [0.25, 0.3) is 0 Å². The van der Waals surface area contributed by atoms with Crippen molar-refractivity contribution >= 4 is 28.8 Å². The van der Waals surface area contributed by atoms with Gasteiger partial charge in [-0.15, -0.1) is 11.3 Å². The molecule has 116 valence electrons. The van der Waals surface area contributed by atoms with Crippen LogP contribution in [0.3, 0.4) is 0 Å². The average Bonchev–Trinajstić information content (AvgIpc) is 3.00. The Morgan fingerprint density at radius 3 is 2.95 bits per heavy atom. The maximum Gasteiger partial charge on any atom is 0.248 e. The molecule has 0 saturated carbocycles. The van der Waals surface area contributed by atoms with Crippen molar-refractivity contribution in [1.29, 1.82) is 0 Å². The molecule has 2 aliphatic rings. The number of hydrogen-bond acceptors (Lipinski definition) is 4. The zero-order chi connectivity index (χ0) is 14.8. The summed E-state index contributed by atoms with van der Waals surface area (Å²) in [5.41, 5.74) is 1.39. The van der Waals surface area contributed by atoms with Crippen molar-refractivity contribution in [3.05, 3.63) is 20.8 Å². The minimum Gasteiger partial charge on any atom is -0.375 e. The number of likely N-dealkylation sites (tertiary alicyclic amines) is 1. The van der Waals surface area contributed by atoms with Gasteiger partial charge in [-0.25, -0.2) is 0 Å². The van der Waals surface area contributed by atoms with Gasteiger partial charge < -0.3 is 15.0 Å². The van der Waals surface area contributed by atoms with Crippen molar-refractivity contribution in [1.82, 2.24) is 10.2 Å². The summed E-state index contributed by atoms with van der Waals surface area (Å²) < 4.78 is 5.81. The lowest BCUT2D eigenvalue weighted by atomic mass is 10.0. The molecule has 6 heteroatoms. The fraction of sp³-hybridized carbons (Fsp3) is 0.667. The van der Waals surface area contributed by atoms with Crippen LogP contribution < -0.4 is 5.32 Å². The molecule has 0 aromatic carbocycles. The third-order valence-corrected chi connectivity index (χ3v) is 5.74. The third-order valence-electron chi connectivity index (χ3n) is 4.40. The smallest absolute Gasteiger partial charge is 0.248 e. The molecule has 0 spiro atoms. The maximum absolute atomic E-state index is 11.8. The van der Waals surface area contributed by atoms with Crippen LogP contribution in [0, 0.1) is 0 Å². The standard InChI is InChI=1S/C15H21ClN2O2S/c1-20-9-15(19)18-6-4-10(5-7-18)17-12-2-3-13-11(12)8-14(16)21-13/h8,10,12,17H,2-7,9H2,1H3. The number of fused-ring (bicyclic) bond motifs is 1. The van der Waals surface area contributed by atoms with E-state index in [0.29, 0.717) is 12.1 Å². The summed E-state index contributed by atoms with van der Waals surface area (Å²) >= 11 is 7.82. The highest BCUT2D eigenvalue weighted by atomic mass is 35.5. The molecule has 0 bridgehead atoms. The van der Waals surface area contributed by atoms with E-state index in [1.807, 2.05) is 4.90 Å². The molecule has 1 aliphatic heterocycles. The number of rotatable bonds is 4. The molecule has 4 nitrogen and oxygen atoms in total. The highest BCUT2D eigenvalue weighted by Crippen LogP contribution is 2.39. The van der Waals surface area contributed by atoms with Gasteiger partial charge in [0.05, 0.1) is 4.34 Å². The van der Waals surface area contributed by atoms with E-state index in [2.05, 4.69) is 11.4 Å². The van der Waals surface area contributed by atoms with Crippen molar-refractivity contribution in [2.75, 3.05) is 26.8 Å². The summed E-state index contributed by atoms with van der Waals surface area (Å²) in [4.78, 5) is 15.1. The molecule has 21 heavy (non-hydrogen) atoms. The van der Waals surface area contributed by atoms with Crippen molar-refractivity contribution < 1.29 is 9.53 Å². The number of hydrogen-bond donors (Lipinski definition) is 1. The fourth-order valence-corrected chi connectivity index (χ4v) is 4.66. The molecule has 3 rings (SSSR count). The van der Waals surface area contributed by atoms with E-state index in [-0.39, 0.29) is 12.5 Å². The Hall–Kier alpha value is -0.620. The molecule has 1 aromatic heterocycles. The molecule has 2 heterocycles. The molecule has 1 fully saturated rings. The molecule has 0 radical (unpaired) electrons. The topological polar surface area (TPSA) is 41.6 Å². The number of nitrogens with one attached hydrogen (secondary N) is 1. The van der Waals surface area contributed by atoms with Gasteiger partial charge in [0.1, 0.15) is 6.61 Å². The van der Waals surface area contributed by atoms with Crippen LogP contribution >= 0.6 is 22.9 Å². The maximum atomic E-state index is 11.8. The lowest BCUT2D eigenvalue weighted by Crippen LogP contribution is -2.46. The number of piperidine rings is 1. The number of carbonyl (C=O) groups excluding carboxylic acids is 1. The summed E-state index contributed by atoms with van der Waals surface area (Å²) in [6.07, 6.45) is 4.33. The van der Waals surface area contributed by atoms with Crippen molar-refractivity contribution in [2.24, 2.45) is 0 Å². The second-order valence-corrected chi connectivity index (χ2v) is 7.54. The molecule has 1 N–H and O–H groups in total. The number of ether oxygens (including phenoxy) is 1. The van der Waals surface area contributed by atoms with E-state index in [9.17, 15) is 4.79 Å². The van der Waals surface area contributed by atoms with Crippen LogP contribution in [-0.4, -0.2) is 43.7 Å². The first-order valence-electron chi connectivity index (χ1n) is 7.48. The van der Waals surface area contributed by atoms with Gasteiger partial charge in [-0.05, 0) is 37.3 Å². The predicted octanol–water partition coefficient (Wildman–Crippen LogP) is 2.62. The van der Waals surface area contributed by atoms with Gasteiger partial charge in [-0.3, -0.25) is 4.79 Å². The fourth-order valence-electron chi connectivity index (χ4n) is 3.30. The van der Waals surface area contributed by atoms with Crippen molar-refractivity contribution in [2.45, 2.75) is 37.8 Å². The Balaban J connectivity index is 1.51. The van der Waals surface area contributed by atoms with Crippen LogP contribution in [0.5, 0.6) is 0 Å². The van der Waals surface area contributed by atoms with Gasteiger partial charge in [0.2, 0.25) is 5.91 Å². The summed E-state index contributed by atoms with van der Waals surface area (Å²) in [5.74, 6) is 0.101. The Morgan fingerprint density at radius 1 is 1.48 bits per heavy atom. The van der Waals surface area contributed by atoms with Crippen LogP contribution in [-0.2, 0) is 16.0 Å². The van der Waals surface area contributed by atoms with Gasteiger partial charge in [0.15, 0.2) is 0 Å². The van der Waals surface area contributed by atoms with Gasteiger partial charge in [0.25, 0.3) is 0 Å². The molecular formula is C15H21ClN2O2S. The lowest BCUT2D eigenvalue weighted by molar-refractivity contribution is -0.136. The number of thiophene rings is 1. The highest BCUT2D eigenvalue weighted by molar-refractivity contribution is 7.16. The third kappa shape index (κ3) is 3.42. The number of amides is 1. The number of aryl methyl sites for hydroxylation is 1. The predicted molar refractivity (Wildman–Crippen MR) is 85.0 cm³/mol. The second kappa shape index (κ2) is 6.65. The monoisotopic (exact) mass is 328 g/mol. The first kappa shape index (κ1) is 15.3. The summed E-state index contributed by atoms with van der Waals surface area (Å²) in [6.45, 7) is 1.84. The Labute approximate surface area is 134 Å². The Kier molecular flexibility index (Phi) is 4.84. The second-order valence-electron chi connectivity index (χ2n) is 5.78. The van der Waals surface area contributed by atoms with E-state index in [4.69, 9.17) is 16.3 Å². The molecular weight excluding hydrogens is 308 g/mol.